The summed E-state index contributed by atoms with van der Waals surface area (Å²) in [6, 6.07) is 15.6. The zero-order valence-corrected chi connectivity index (χ0v) is 17.5. The molecule has 1 saturated heterocycles. The van der Waals surface area contributed by atoms with Crippen molar-refractivity contribution in [2.24, 2.45) is 0 Å². The van der Waals surface area contributed by atoms with E-state index in [9.17, 15) is 0 Å². The van der Waals surface area contributed by atoms with Gasteiger partial charge in [0.25, 0.3) is 0 Å². The fourth-order valence-corrected chi connectivity index (χ4v) is 5.07. The fraction of sp³-hybridized carbons (Fsp3) is 0.364. The van der Waals surface area contributed by atoms with Gasteiger partial charge in [-0.25, -0.2) is 0 Å². The van der Waals surface area contributed by atoms with Gasteiger partial charge in [0.2, 0.25) is 0 Å². The maximum atomic E-state index is 6.16. The minimum atomic E-state index is 0.576. The molecule has 4 heteroatoms. The number of likely N-dealkylation sites (tertiary alicyclic amines) is 1. The van der Waals surface area contributed by atoms with Crippen LogP contribution in [0.2, 0.25) is 0 Å². The van der Waals surface area contributed by atoms with E-state index in [0.717, 1.165) is 16.8 Å². The number of halogens is 1. The third-order valence-corrected chi connectivity index (χ3v) is 6.63. The number of rotatable bonds is 6. The molecule has 0 aliphatic carbocycles. The van der Waals surface area contributed by atoms with Gasteiger partial charge in [-0.3, -0.25) is 4.90 Å². The third kappa shape index (κ3) is 3.83. The molecule has 0 spiro atoms. The molecule has 136 valence electrons. The minimum absolute atomic E-state index is 0.576. The molecular formula is C22H24BrNOS. The number of fused-ring (bicyclic) bond motifs is 1. The maximum Gasteiger partial charge on any atom is 0.120 e. The molecule has 0 saturated carbocycles. The molecule has 1 aliphatic rings. The van der Waals surface area contributed by atoms with Crippen LogP contribution in [0.25, 0.3) is 21.2 Å². The minimum Gasteiger partial charge on any atom is -0.492 e. The molecule has 0 N–H and O–H groups in total. The Morgan fingerprint density at radius 3 is 2.85 bits per heavy atom. The van der Waals surface area contributed by atoms with E-state index in [1.165, 1.54) is 53.6 Å². The number of thiophene rings is 1. The average molecular weight is 430 g/mol. The van der Waals surface area contributed by atoms with Crippen LogP contribution in [-0.2, 0) is 0 Å². The summed E-state index contributed by atoms with van der Waals surface area (Å²) in [5.41, 5.74) is 2.56. The Balaban J connectivity index is 1.49. The third-order valence-electron chi connectivity index (χ3n) is 5.15. The lowest BCUT2D eigenvalue weighted by atomic mass is 10.1. The van der Waals surface area contributed by atoms with Crippen molar-refractivity contribution in [3.8, 4) is 16.9 Å². The van der Waals surface area contributed by atoms with Crippen LogP contribution < -0.4 is 4.74 Å². The van der Waals surface area contributed by atoms with Crippen molar-refractivity contribution in [1.82, 2.24) is 4.90 Å². The lowest BCUT2D eigenvalue weighted by molar-refractivity contribution is 0.173. The molecular weight excluding hydrogens is 406 g/mol. The zero-order valence-electron chi connectivity index (χ0n) is 15.1. The molecule has 1 unspecified atom stereocenters. The van der Waals surface area contributed by atoms with Crippen molar-refractivity contribution in [1.29, 1.82) is 0 Å². The molecule has 1 fully saturated rings. The van der Waals surface area contributed by atoms with Gasteiger partial charge in [0, 0.05) is 26.2 Å². The highest BCUT2D eigenvalue weighted by molar-refractivity contribution is 9.10. The van der Waals surface area contributed by atoms with E-state index in [4.69, 9.17) is 4.74 Å². The zero-order chi connectivity index (χ0) is 17.9. The van der Waals surface area contributed by atoms with Crippen molar-refractivity contribution in [3.63, 3.8) is 0 Å². The van der Waals surface area contributed by atoms with Gasteiger partial charge in [0.15, 0.2) is 0 Å². The fourth-order valence-electron chi connectivity index (χ4n) is 3.81. The molecule has 2 heterocycles. The SMILES string of the molecule is CCCN1CCCC1COc1ccc2c(-c3ccc(Br)cc3)csc2c1. The average Bonchev–Trinajstić information content (AvgIpc) is 3.27. The van der Waals surface area contributed by atoms with Gasteiger partial charge in [0.1, 0.15) is 12.4 Å². The number of ether oxygens (including phenoxy) is 1. The molecule has 26 heavy (non-hydrogen) atoms. The summed E-state index contributed by atoms with van der Waals surface area (Å²) in [4.78, 5) is 2.58. The van der Waals surface area contributed by atoms with Crippen LogP contribution >= 0.6 is 27.3 Å². The Morgan fingerprint density at radius 1 is 1.19 bits per heavy atom. The Labute approximate surface area is 167 Å². The van der Waals surface area contributed by atoms with E-state index in [0.29, 0.717) is 6.04 Å². The summed E-state index contributed by atoms with van der Waals surface area (Å²) in [6.45, 7) is 5.47. The molecule has 2 nitrogen and oxygen atoms in total. The van der Waals surface area contributed by atoms with Crippen LogP contribution in [-0.4, -0.2) is 30.6 Å². The summed E-state index contributed by atoms with van der Waals surface area (Å²) in [7, 11) is 0. The predicted octanol–water partition coefficient (Wildman–Crippen LogP) is 6.58. The van der Waals surface area contributed by atoms with Crippen molar-refractivity contribution >= 4 is 37.4 Å². The first-order valence-corrected chi connectivity index (χ1v) is 11.1. The Morgan fingerprint density at radius 2 is 2.04 bits per heavy atom. The number of hydrogen-bond donors (Lipinski definition) is 0. The van der Waals surface area contributed by atoms with Crippen LogP contribution in [0.15, 0.2) is 52.3 Å². The number of nitrogens with zero attached hydrogens (tertiary/aromatic N) is 1. The molecule has 0 radical (unpaired) electrons. The quantitative estimate of drug-likeness (QED) is 0.438. The van der Waals surface area contributed by atoms with Gasteiger partial charge in [-0.05, 0) is 73.6 Å². The highest BCUT2D eigenvalue weighted by Crippen LogP contribution is 2.36. The Bertz CT molecular complexity index is 873. The van der Waals surface area contributed by atoms with E-state index >= 15 is 0 Å². The summed E-state index contributed by atoms with van der Waals surface area (Å²) in [5.74, 6) is 0.991. The van der Waals surface area contributed by atoms with E-state index in [-0.39, 0.29) is 0 Å². The monoisotopic (exact) mass is 429 g/mol. The van der Waals surface area contributed by atoms with E-state index in [1.54, 1.807) is 11.3 Å². The van der Waals surface area contributed by atoms with Gasteiger partial charge >= 0.3 is 0 Å². The van der Waals surface area contributed by atoms with Crippen molar-refractivity contribution in [2.45, 2.75) is 32.2 Å². The van der Waals surface area contributed by atoms with Gasteiger partial charge in [-0.1, -0.05) is 35.0 Å². The molecule has 1 aromatic heterocycles. The standard InChI is InChI=1S/C22H24BrNOS/c1-2-11-24-12-3-4-18(24)14-25-19-9-10-20-21(15-26-22(20)13-19)16-5-7-17(23)8-6-16/h5-10,13,15,18H,2-4,11-12,14H2,1H3. The Hall–Kier alpha value is -1.36. The maximum absolute atomic E-state index is 6.16. The van der Waals surface area contributed by atoms with Gasteiger partial charge in [-0.15, -0.1) is 11.3 Å². The van der Waals surface area contributed by atoms with Crippen LogP contribution in [0.3, 0.4) is 0 Å². The largest absolute Gasteiger partial charge is 0.492 e. The predicted molar refractivity (Wildman–Crippen MR) is 115 cm³/mol. The summed E-state index contributed by atoms with van der Waals surface area (Å²) < 4.78 is 8.56. The van der Waals surface area contributed by atoms with Crippen molar-refractivity contribution in [3.05, 3.63) is 52.3 Å². The Kier molecular flexibility index (Phi) is 5.63. The van der Waals surface area contributed by atoms with E-state index in [2.05, 4.69) is 75.6 Å². The second kappa shape index (κ2) is 8.12. The molecule has 2 aromatic carbocycles. The van der Waals surface area contributed by atoms with Gasteiger partial charge < -0.3 is 4.74 Å². The molecule has 4 rings (SSSR count). The van der Waals surface area contributed by atoms with Crippen LogP contribution in [0.1, 0.15) is 26.2 Å². The van der Waals surface area contributed by atoms with Gasteiger partial charge in [-0.2, -0.15) is 0 Å². The van der Waals surface area contributed by atoms with Crippen LogP contribution in [0.4, 0.5) is 0 Å². The second-order valence-electron chi connectivity index (χ2n) is 6.96. The molecule has 1 atom stereocenters. The highest BCUT2D eigenvalue weighted by Gasteiger charge is 2.24. The van der Waals surface area contributed by atoms with Crippen molar-refractivity contribution < 1.29 is 4.74 Å². The summed E-state index contributed by atoms with van der Waals surface area (Å²) >= 11 is 5.30. The summed E-state index contributed by atoms with van der Waals surface area (Å²) in [5, 5.41) is 3.55. The molecule has 0 bridgehead atoms. The first kappa shape index (κ1) is 18.0. The van der Waals surface area contributed by atoms with Crippen molar-refractivity contribution in [2.75, 3.05) is 19.7 Å². The van der Waals surface area contributed by atoms with Crippen LogP contribution in [0, 0.1) is 0 Å². The van der Waals surface area contributed by atoms with Gasteiger partial charge in [0.05, 0.1) is 0 Å². The number of hydrogen-bond acceptors (Lipinski definition) is 3. The molecule has 3 aromatic rings. The smallest absolute Gasteiger partial charge is 0.120 e. The topological polar surface area (TPSA) is 12.5 Å². The lowest BCUT2D eigenvalue weighted by Crippen LogP contribution is -2.34. The summed E-state index contributed by atoms with van der Waals surface area (Å²) in [6.07, 6.45) is 3.78. The molecule has 0 amide bonds. The second-order valence-corrected chi connectivity index (χ2v) is 8.78. The molecule has 1 aliphatic heterocycles. The number of benzene rings is 2. The van der Waals surface area contributed by atoms with E-state index in [1.807, 2.05) is 0 Å². The normalized spacial score (nSPS) is 17.8. The van der Waals surface area contributed by atoms with Crippen LogP contribution in [0.5, 0.6) is 5.75 Å². The van der Waals surface area contributed by atoms with E-state index < -0.39 is 0 Å². The highest BCUT2D eigenvalue weighted by atomic mass is 79.9. The lowest BCUT2D eigenvalue weighted by Gasteiger charge is -2.23. The first-order valence-electron chi connectivity index (χ1n) is 9.38. The first-order chi connectivity index (χ1) is 12.7.